The van der Waals surface area contributed by atoms with Crippen LogP contribution in [0.25, 0.3) is 5.03 Å². The van der Waals surface area contributed by atoms with Crippen LogP contribution in [0.2, 0.25) is 0 Å². The molecule has 0 aliphatic carbocycles. The van der Waals surface area contributed by atoms with Crippen molar-refractivity contribution in [3.8, 4) is 11.5 Å². The molecular formula is C10H11ClO2. The fourth-order valence-corrected chi connectivity index (χ4v) is 1.07. The molecule has 0 aromatic heterocycles. The van der Waals surface area contributed by atoms with E-state index < -0.39 is 0 Å². The Bertz CT molecular complexity index is 321. The molecule has 0 saturated heterocycles. The molecule has 0 radical (unpaired) electrons. The topological polar surface area (TPSA) is 29.5 Å². The average Bonchev–Trinajstić information content (AvgIpc) is 2.08. The molecule has 70 valence electrons. The summed E-state index contributed by atoms with van der Waals surface area (Å²) in [6.45, 7) is 5.94. The van der Waals surface area contributed by atoms with Gasteiger partial charge < -0.3 is 9.84 Å². The highest BCUT2D eigenvalue weighted by atomic mass is 35.5. The first-order valence-corrected chi connectivity index (χ1v) is 4.33. The van der Waals surface area contributed by atoms with Crippen LogP contribution in [-0.4, -0.2) is 11.7 Å². The van der Waals surface area contributed by atoms with E-state index in [-0.39, 0.29) is 5.75 Å². The number of phenolic OH excluding ortho intramolecular Hbond substituents is 1. The first-order valence-electron chi connectivity index (χ1n) is 3.95. The molecule has 3 heteroatoms. The van der Waals surface area contributed by atoms with Crippen LogP contribution in [0, 0.1) is 0 Å². The minimum atomic E-state index is 0.114. The molecule has 13 heavy (non-hydrogen) atoms. The van der Waals surface area contributed by atoms with Gasteiger partial charge in [0.2, 0.25) is 0 Å². The predicted molar refractivity (Wildman–Crippen MR) is 54.2 cm³/mol. The first kappa shape index (κ1) is 9.93. The highest BCUT2D eigenvalue weighted by Crippen LogP contribution is 2.30. The Hall–Kier alpha value is -1.15. The Morgan fingerprint density at radius 1 is 1.62 bits per heavy atom. The van der Waals surface area contributed by atoms with Gasteiger partial charge in [-0.2, -0.15) is 0 Å². The maximum Gasteiger partial charge on any atom is 0.161 e. The molecule has 0 saturated carbocycles. The van der Waals surface area contributed by atoms with Crippen molar-refractivity contribution in [2.75, 3.05) is 6.61 Å². The van der Waals surface area contributed by atoms with Crippen LogP contribution in [0.1, 0.15) is 12.5 Å². The van der Waals surface area contributed by atoms with Gasteiger partial charge in [0, 0.05) is 5.03 Å². The van der Waals surface area contributed by atoms with Gasteiger partial charge in [0.05, 0.1) is 6.61 Å². The lowest BCUT2D eigenvalue weighted by atomic mass is 10.2. The van der Waals surface area contributed by atoms with Gasteiger partial charge in [0.15, 0.2) is 11.5 Å². The van der Waals surface area contributed by atoms with Gasteiger partial charge in [-0.3, -0.25) is 0 Å². The third-order valence-corrected chi connectivity index (χ3v) is 1.79. The van der Waals surface area contributed by atoms with Crippen LogP contribution >= 0.6 is 11.6 Å². The smallest absolute Gasteiger partial charge is 0.161 e. The van der Waals surface area contributed by atoms with Crippen molar-refractivity contribution in [2.24, 2.45) is 0 Å². The third-order valence-electron chi connectivity index (χ3n) is 1.57. The lowest BCUT2D eigenvalue weighted by Gasteiger charge is -2.06. The maximum atomic E-state index is 9.35. The summed E-state index contributed by atoms with van der Waals surface area (Å²) in [5.41, 5.74) is 0.753. The second-order valence-corrected chi connectivity index (χ2v) is 2.98. The molecule has 0 unspecified atom stereocenters. The number of phenols is 1. The normalized spacial score (nSPS) is 9.69. The van der Waals surface area contributed by atoms with Crippen LogP contribution in [-0.2, 0) is 0 Å². The Kier molecular flexibility index (Phi) is 3.20. The molecule has 2 nitrogen and oxygen atoms in total. The van der Waals surface area contributed by atoms with Crippen molar-refractivity contribution in [1.29, 1.82) is 0 Å². The second-order valence-electron chi connectivity index (χ2n) is 2.52. The Morgan fingerprint density at radius 3 is 2.85 bits per heavy atom. The van der Waals surface area contributed by atoms with E-state index >= 15 is 0 Å². The van der Waals surface area contributed by atoms with E-state index in [9.17, 15) is 5.11 Å². The molecule has 1 aromatic carbocycles. The van der Waals surface area contributed by atoms with Gasteiger partial charge >= 0.3 is 0 Å². The summed E-state index contributed by atoms with van der Waals surface area (Å²) in [7, 11) is 0. The summed E-state index contributed by atoms with van der Waals surface area (Å²) in [5, 5.41) is 9.78. The van der Waals surface area contributed by atoms with E-state index in [1.807, 2.05) is 6.92 Å². The fourth-order valence-electron chi connectivity index (χ4n) is 0.954. The molecule has 1 N–H and O–H groups in total. The highest BCUT2D eigenvalue weighted by molar-refractivity contribution is 6.48. The minimum absolute atomic E-state index is 0.114. The standard InChI is InChI=1S/C10H11ClO2/c1-3-13-10-6-8(7(2)11)4-5-9(10)12/h4-6,12H,2-3H2,1H3. The van der Waals surface area contributed by atoms with Gasteiger partial charge in [0.25, 0.3) is 0 Å². The number of aromatic hydroxyl groups is 1. The summed E-state index contributed by atoms with van der Waals surface area (Å²) in [6.07, 6.45) is 0. The molecule has 0 heterocycles. The van der Waals surface area contributed by atoms with Crippen molar-refractivity contribution < 1.29 is 9.84 Å². The quantitative estimate of drug-likeness (QED) is 0.809. The van der Waals surface area contributed by atoms with Crippen molar-refractivity contribution in [1.82, 2.24) is 0 Å². The van der Waals surface area contributed by atoms with E-state index in [1.165, 1.54) is 6.07 Å². The van der Waals surface area contributed by atoms with Gasteiger partial charge in [0.1, 0.15) is 0 Å². The zero-order valence-electron chi connectivity index (χ0n) is 7.38. The van der Waals surface area contributed by atoms with Crippen molar-refractivity contribution >= 4 is 16.6 Å². The van der Waals surface area contributed by atoms with Crippen LogP contribution in [0.3, 0.4) is 0 Å². The Labute approximate surface area is 82.4 Å². The van der Waals surface area contributed by atoms with Crippen molar-refractivity contribution in [2.45, 2.75) is 6.92 Å². The van der Waals surface area contributed by atoms with E-state index in [0.717, 1.165) is 5.56 Å². The van der Waals surface area contributed by atoms with Crippen LogP contribution in [0.15, 0.2) is 24.8 Å². The zero-order chi connectivity index (χ0) is 9.84. The van der Waals surface area contributed by atoms with E-state index in [4.69, 9.17) is 16.3 Å². The molecule has 0 atom stereocenters. The van der Waals surface area contributed by atoms with Crippen LogP contribution < -0.4 is 4.74 Å². The van der Waals surface area contributed by atoms with E-state index in [0.29, 0.717) is 17.4 Å². The second kappa shape index (κ2) is 4.19. The summed E-state index contributed by atoms with van der Waals surface area (Å²) in [6, 6.07) is 4.88. The Morgan fingerprint density at radius 2 is 2.31 bits per heavy atom. The lowest BCUT2D eigenvalue weighted by molar-refractivity contribution is 0.318. The van der Waals surface area contributed by atoms with E-state index in [1.54, 1.807) is 12.1 Å². The van der Waals surface area contributed by atoms with Gasteiger partial charge in [-0.05, 0) is 30.7 Å². The number of ether oxygens (including phenoxy) is 1. The summed E-state index contributed by atoms with van der Waals surface area (Å²) < 4.78 is 5.18. The summed E-state index contributed by atoms with van der Waals surface area (Å²) in [5.74, 6) is 0.547. The monoisotopic (exact) mass is 198 g/mol. The molecule has 0 spiro atoms. The van der Waals surface area contributed by atoms with Crippen LogP contribution in [0.5, 0.6) is 11.5 Å². The van der Waals surface area contributed by atoms with Crippen molar-refractivity contribution in [3.63, 3.8) is 0 Å². The Balaban J connectivity index is 3.03. The number of hydrogen-bond acceptors (Lipinski definition) is 2. The first-order chi connectivity index (χ1) is 6.15. The van der Waals surface area contributed by atoms with Gasteiger partial charge in [-0.25, -0.2) is 0 Å². The SMILES string of the molecule is C=C(Cl)c1ccc(O)c(OCC)c1. The molecule has 1 rings (SSSR count). The predicted octanol–water partition coefficient (Wildman–Crippen LogP) is 3.00. The van der Waals surface area contributed by atoms with Gasteiger partial charge in [-0.15, -0.1) is 0 Å². The molecule has 0 aliphatic heterocycles. The molecule has 0 bridgehead atoms. The highest BCUT2D eigenvalue weighted by Gasteiger charge is 2.03. The van der Waals surface area contributed by atoms with E-state index in [2.05, 4.69) is 6.58 Å². The third kappa shape index (κ3) is 2.39. The summed E-state index contributed by atoms with van der Waals surface area (Å²) >= 11 is 5.70. The molecular weight excluding hydrogens is 188 g/mol. The van der Waals surface area contributed by atoms with Crippen LogP contribution in [0.4, 0.5) is 0 Å². The molecule has 1 aromatic rings. The number of hydrogen-bond donors (Lipinski definition) is 1. The minimum Gasteiger partial charge on any atom is -0.504 e. The fraction of sp³-hybridized carbons (Fsp3) is 0.200. The summed E-state index contributed by atoms with van der Waals surface area (Å²) in [4.78, 5) is 0. The van der Waals surface area contributed by atoms with Gasteiger partial charge in [-0.1, -0.05) is 18.2 Å². The molecule has 0 amide bonds. The zero-order valence-corrected chi connectivity index (χ0v) is 8.14. The lowest BCUT2D eigenvalue weighted by Crippen LogP contribution is -1.92. The maximum absolute atomic E-state index is 9.35. The largest absolute Gasteiger partial charge is 0.504 e. The molecule has 0 fully saturated rings. The number of benzene rings is 1. The van der Waals surface area contributed by atoms with Crippen molar-refractivity contribution in [3.05, 3.63) is 30.3 Å². The average molecular weight is 199 g/mol. The number of halogens is 1. The molecule has 0 aliphatic rings. The number of rotatable bonds is 3.